The molecule has 1 heterocycles. The molecular formula is C20H27NO6. The highest BCUT2D eigenvalue weighted by molar-refractivity contribution is 5.81. The highest BCUT2D eigenvalue weighted by atomic mass is 16.6. The van der Waals surface area contributed by atoms with Gasteiger partial charge in [-0.3, -0.25) is 4.90 Å². The fourth-order valence-electron chi connectivity index (χ4n) is 2.92. The molecule has 1 aromatic carbocycles. The van der Waals surface area contributed by atoms with E-state index in [2.05, 4.69) is 6.58 Å². The summed E-state index contributed by atoms with van der Waals surface area (Å²) in [7, 11) is 1.54. The van der Waals surface area contributed by atoms with E-state index in [-0.39, 0.29) is 13.0 Å². The smallest absolute Gasteiger partial charge is 0.411 e. The average Bonchev–Trinajstić information content (AvgIpc) is 2.99. The first-order valence-corrected chi connectivity index (χ1v) is 8.81. The Kier molecular flexibility index (Phi) is 6.36. The Morgan fingerprint density at radius 2 is 2.04 bits per heavy atom. The number of nitrogens with zero attached hydrogens (tertiary/aromatic N) is 1. The van der Waals surface area contributed by atoms with Crippen molar-refractivity contribution in [2.45, 2.75) is 51.4 Å². The van der Waals surface area contributed by atoms with Gasteiger partial charge in [0.1, 0.15) is 17.7 Å². The van der Waals surface area contributed by atoms with Crippen LogP contribution >= 0.6 is 0 Å². The van der Waals surface area contributed by atoms with Gasteiger partial charge >= 0.3 is 12.1 Å². The van der Waals surface area contributed by atoms with Gasteiger partial charge in [-0.2, -0.15) is 0 Å². The Labute approximate surface area is 159 Å². The first-order valence-electron chi connectivity index (χ1n) is 8.81. The number of methoxy groups -OCH3 is 1. The molecule has 1 saturated heterocycles. The molecule has 0 saturated carbocycles. The lowest BCUT2D eigenvalue weighted by Gasteiger charge is -2.26. The van der Waals surface area contributed by atoms with Crippen molar-refractivity contribution in [2.24, 2.45) is 0 Å². The van der Waals surface area contributed by atoms with Crippen molar-refractivity contribution < 1.29 is 28.9 Å². The lowest BCUT2D eigenvalue weighted by atomic mass is 10.1. The molecule has 1 aliphatic heterocycles. The van der Waals surface area contributed by atoms with E-state index in [1.807, 2.05) is 12.1 Å². The maximum Gasteiger partial charge on any atom is 0.411 e. The van der Waals surface area contributed by atoms with Gasteiger partial charge in [-0.15, -0.1) is 6.58 Å². The minimum absolute atomic E-state index is 0.128. The number of allylic oxidation sites excluding steroid dienone is 1. The molecule has 7 heteroatoms. The Bertz CT molecular complexity index is 709. The number of carbonyl (C=O) groups excluding carboxylic acids is 1. The van der Waals surface area contributed by atoms with Crippen LogP contribution in [0.4, 0.5) is 4.79 Å². The zero-order chi connectivity index (χ0) is 20.2. The van der Waals surface area contributed by atoms with Crippen LogP contribution in [-0.4, -0.2) is 53.5 Å². The van der Waals surface area contributed by atoms with E-state index in [1.165, 1.54) is 4.90 Å². The molecule has 0 bridgehead atoms. The Hall–Kier alpha value is -2.70. The number of amides is 1. The van der Waals surface area contributed by atoms with E-state index < -0.39 is 29.8 Å². The number of hydrogen-bond acceptors (Lipinski definition) is 5. The Morgan fingerprint density at radius 1 is 1.33 bits per heavy atom. The SMILES string of the molecule is C=CCc1ccc(O[C@H]2C[C@@H](C(=O)O)N(C(=O)OC(C)(C)C)C2)c(OC)c1. The van der Waals surface area contributed by atoms with E-state index in [0.717, 1.165) is 5.56 Å². The van der Waals surface area contributed by atoms with Gasteiger partial charge in [0.25, 0.3) is 0 Å². The maximum atomic E-state index is 12.4. The van der Waals surface area contributed by atoms with Crippen LogP contribution in [0.5, 0.6) is 11.5 Å². The first kappa shape index (κ1) is 20.6. The van der Waals surface area contributed by atoms with Crippen molar-refractivity contribution >= 4 is 12.1 Å². The van der Waals surface area contributed by atoms with Gasteiger partial charge in [0.2, 0.25) is 0 Å². The fourth-order valence-corrected chi connectivity index (χ4v) is 2.92. The number of aliphatic carboxylic acids is 1. The number of carboxylic acids is 1. The normalized spacial score (nSPS) is 19.5. The average molecular weight is 377 g/mol. The predicted molar refractivity (Wildman–Crippen MR) is 100 cm³/mol. The molecule has 0 aliphatic carbocycles. The highest BCUT2D eigenvalue weighted by Gasteiger charge is 2.42. The summed E-state index contributed by atoms with van der Waals surface area (Å²) in [5.41, 5.74) is 0.322. The number of carboxylic acid groups (broad SMARTS) is 1. The summed E-state index contributed by atoms with van der Waals surface area (Å²) >= 11 is 0. The summed E-state index contributed by atoms with van der Waals surface area (Å²) in [4.78, 5) is 25.2. The lowest BCUT2D eigenvalue weighted by Crippen LogP contribution is -2.43. The second-order valence-electron chi connectivity index (χ2n) is 7.44. The summed E-state index contributed by atoms with van der Waals surface area (Å²) in [6, 6.07) is 4.54. The van der Waals surface area contributed by atoms with Crippen LogP contribution in [0.3, 0.4) is 0 Å². The Morgan fingerprint density at radius 3 is 2.59 bits per heavy atom. The molecule has 2 atom stereocenters. The van der Waals surface area contributed by atoms with E-state index >= 15 is 0 Å². The molecule has 1 N–H and O–H groups in total. The Balaban J connectivity index is 2.15. The van der Waals surface area contributed by atoms with Crippen LogP contribution < -0.4 is 9.47 Å². The van der Waals surface area contributed by atoms with Crippen LogP contribution in [0, 0.1) is 0 Å². The molecule has 1 amide bonds. The van der Waals surface area contributed by atoms with Gasteiger partial charge in [-0.1, -0.05) is 12.1 Å². The van der Waals surface area contributed by atoms with Gasteiger partial charge in [0.15, 0.2) is 11.5 Å². The van der Waals surface area contributed by atoms with E-state index in [9.17, 15) is 14.7 Å². The third kappa shape index (κ3) is 5.39. The first-order chi connectivity index (χ1) is 12.6. The number of ether oxygens (including phenoxy) is 3. The quantitative estimate of drug-likeness (QED) is 0.766. The minimum atomic E-state index is -1.08. The minimum Gasteiger partial charge on any atom is -0.493 e. The summed E-state index contributed by atoms with van der Waals surface area (Å²) in [6.45, 7) is 9.05. The van der Waals surface area contributed by atoms with Crippen molar-refractivity contribution in [2.75, 3.05) is 13.7 Å². The molecule has 2 rings (SSSR count). The largest absolute Gasteiger partial charge is 0.493 e. The third-order valence-electron chi connectivity index (χ3n) is 4.08. The monoisotopic (exact) mass is 377 g/mol. The molecule has 7 nitrogen and oxygen atoms in total. The topological polar surface area (TPSA) is 85.3 Å². The van der Waals surface area contributed by atoms with Crippen LogP contribution in [0.2, 0.25) is 0 Å². The van der Waals surface area contributed by atoms with Gasteiger partial charge in [0.05, 0.1) is 13.7 Å². The van der Waals surface area contributed by atoms with Crippen LogP contribution in [0.25, 0.3) is 0 Å². The maximum absolute atomic E-state index is 12.4. The van der Waals surface area contributed by atoms with E-state index in [1.54, 1.807) is 40.0 Å². The highest BCUT2D eigenvalue weighted by Crippen LogP contribution is 2.32. The molecule has 0 aromatic heterocycles. The lowest BCUT2D eigenvalue weighted by molar-refractivity contribution is -0.142. The van der Waals surface area contributed by atoms with E-state index in [4.69, 9.17) is 14.2 Å². The van der Waals surface area contributed by atoms with Crippen molar-refractivity contribution in [3.05, 3.63) is 36.4 Å². The summed E-state index contributed by atoms with van der Waals surface area (Å²) < 4.78 is 16.7. The molecule has 1 aromatic rings. The molecule has 1 aliphatic rings. The van der Waals surface area contributed by atoms with Gasteiger partial charge in [0, 0.05) is 6.42 Å². The number of carbonyl (C=O) groups is 2. The van der Waals surface area contributed by atoms with Crippen molar-refractivity contribution in [3.63, 3.8) is 0 Å². The predicted octanol–water partition coefficient (Wildman–Crippen LogP) is 3.27. The summed E-state index contributed by atoms with van der Waals surface area (Å²) in [5, 5.41) is 9.47. The zero-order valence-electron chi connectivity index (χ0n) is 16.2. The molecule has 0 spiro atoms. The van der Waals surface area contributed by atoms with Crippen LogP contribution in [-0.2, 0) is 16.0 Å². The third-order valence-corrected chi connectivity index (χ3v) is 4.08. The second-order valence-corrected chi connectivity index (χ2v) is 7.44. The molecule has 148 valence electrons. The van der Waals surface area contributed by atoms with Gasteiger partial charge < -0.3 is 19.3 Å². The van der Waals surface area contributed by atoms with Crippen molar-refractivity contribution in [3.8, 4) is 11.5 Å². The van der Waals surface area contributed by atoms with E-state index in [0.29, 0.717) is 17.9 Å². The number of hydrogen-bond donors (Lipinski definition) is 1. The van der Waals surface area contributed by atoms with Crippen molar-refractivity contribution in [1.29, 1.82) is 0 Å². The van der Waals surface area contributed by atoms with Crippen LogP contribution in [0.15, 0.2) is 30.9 Å². The summed E-state index contributed by atoms with van der Waals surface area (Å²) in [5.74, 6) is -0.0253. The van der Waals surface area contributed by atoms with Crippen LogP contribution in [0.1, 0.15) is 32.8 Å². The molecule has 0 unspecified atom stereocenters. The molecule has 27 heavy (non-hydrogen) atoms. The molecule has 0 radical (unpaired) electrons. The van der Waals surface area contributed by atoms with Gasteiger partial charge in [-0.25, -0.2) is 9.59 Å². The number of rotatable bonds is 6. The summed E-state index contributed by atoms with van der Waals surface area (Å²) in [6.07, 6.45) is 1.54. The van der Waals surface area contributed by atoms with Gasteiger partial charge in [-0.05, 0) is 44.9 Å². The molecular weight excluding hydrogens is 350 g/mol. The second kappa shape index (κ2) is 8.33. The molecule has 1 fully saturated rings. The number of benzene rings is 1. The van der Waals surface area contributed by atoms with Crippen molar-refractivity contribution in [1.82, 2.24) is 4.90 Å². The standard InChI is InChI=1S/C20H27NO6/c1-6-7-13-8-9-16(17(10-13)25-5)26-14-11-15(18(22)23)21(12-14)19(24)27-20(2,3)4/h6,8-10,14-15H,1,7,11-12H2,2-5H3,(H,22,23)/t14-,15-/m0/s1. The fraction of sp³-hybridized carbons (Fsp3) is 0.500. The number of likely N-dealkylation sites (tertiary alicyclic amines) is 1. The zero-order valence-corrected chi connectivity index (χ0v) is 16.2.